The normalized spacial score (nSPS) is 15.2. The Kier molecular flexibility index (Phi) is 5.61. The van der Waals surface area contributed by atoms with E-state index >= 15 is 0 Å². The number of hydrogen-bond acceptors (Lipinski definition) is 10. The molecular weight excluding hydrogens is 418 g/mol. The van der Waals surface area contributed by atoms with Crippen LogP contribution in [-0.2, 0) is 0 Å². The molecule has 0 spiro atoms. The molecule has 0 aromatic carbocycles. The second-order valence-electron chi connectivity index (χ2n) is 7.56. The molecule has 1 atom stereocenters. The molecule has 0 radical (unpaired) electrons. The van der Waals surface area contributed by atoms with Crippen molar-refractivity contribution in [3.05, 3.63) is 54.6 Å². The van der Waals surface area contributed by atoms with E-state index in [0.29, 0.717) is 40.1 Å². The number of ether oxygens (including phenoxy) is 1. The number of methoxy groups -OCH3 is 1. The Bertz CT molecular complexity index is 1330. The van der Waals surface area contributed by atoms with Gasteiger partial charge in [0.1, 0.15) is 29.3 Å². The first-order chi connectivity index (χ1) is 16.2. The lowest BCUT2D eigenvalue weighted by atomic mass is 10.2. The van der Waals surface area contributed by atoms with Crippen LogP contribution in [0.2, 0.25) is 0 Å². The van der Waals surface area contributed by atoms with E-state index in [1.165, 1.54) is 6.20 Å². The average molecular weight is 439 g/mol. The van der Waals surface area contributed by atoms with Gasteiger partial charge in [-0.3, -0.25) is 4.98 Å². The highest BCUT2D eigenvalue weighted by Crippen LogP contribution is 2.32. The van der Waals surface area contributed by atoms with E-state index in [1.54, 1.807) is 37.8 Å². The van der Waals surface area contributed by atoms with Gasteiger partial charge in [-0.2, -0.15) is 5.26 Å². The molecule has 5 rings (SSSR count). The lowest BCUT2D eigenvalue weighted by Crippen LogP contribution is -2.23. The molecule has 0 unspecified atom stereocenters. The number of nitrogens with zero attached hydrogens (tertiary/aromatic N) is 6. The third-order valence-electron chi connectivity index (χ3n) is 5.36. The minimum Gasteiger partial charge on any atom is -0.494 e. The highest BCUT2D eigenvalue weighted by atomic mass is 16.5. The summed E-state index contributed by atoms with van der Waals surface area (Å²) in [6.45, 7) is 1.84. The van der Waals surface area contributed by atoms with Crippen molar-refractivity contribution in [1.29, 1.82) is 5.26 Å². The van der Waals surface area contributed by atoms with Crippen LogP contribution in [0.25, 0.3) is 22.3 Å². The highest BCUT2D eigenvalue weighted by molar-refractivity contribution is 5.95. The van der Waals surface area contributed by atoms with E-state index in [9.17, 15) is 0 Å². The molecule has 0 saturated carbocycles. The van der Waals surface area contributed by atoms with Crippen LogP contribution < -0.4 is 20.7 Å². The van der Waals surface area contributed by atoms with E-state index in [-0.39, 0.29) is 6.04 Å². The van der Waals surface area contributed by atoms with E-state index < -0.39 is 0 Å². The zero-order valence-electron chi connectivity index (χ0n) is 17.9. The second-order valence-corrected chi connectivity index (χ2v) is 7.56. The first kappa shape index (κ1) is 20.5. The third kappa shape index (κ3) is 4.35. The maximum atomic E-state index is 8.94. The molecule has 0 bridgehead atoms. The largest absolute Gasteiger partial charge is 0.494 e. The Labute approximate surface area is 190 Å². The van der Waals surface area contributed by atoms with E-state index in [2.05, 4.69) is 37.0 Å². The van der Waals surface area contributed by atoms with E-state index in [1.807, 2.05) is 12.1 Å². The first-order valence-electron chi connectivity index (χ1n) is 10.5. The number of fused-ring (bicyclic) bond motifs is 1. The quantitative estimate of drug-likeness (QED) is 0.412. The van der Waals surface area contributed by atoms with Crippen molar-refractivity contribution in [2.45, 2.75) is 12.5 Å². The number of nitriles is 1. The van der Waals surface area contributed by atoms with Crippen LogP contribution in [0.1, 0.15) is 12.0 Å². The predicted octanol–water partition coefficient (Wildman–Crippen LogP) is 2.88. The van der Waals surface area contributed by atoms with Gasteiger partial charge in [0.2, 0.25) is 0 Å². The molecule has 3 N–H and O–H groups in total. The first-order valence-corrected chi connectivity index (χ1v) is 10.5. The van der Waals surface area contributed by atoms with E-state index in [4.69, 9.17) is 20.0 Å². The zero-order valence-corrected chi connectivity index (χ0v) is 17.9. The van der Waals surface area contributed by atoms with Gasteiger partial charge in [-0.05, 0) is 37.2 Å². The summed E-state index contributed by atoms with van der Waals surface area (Å²) in [6.07, 6.45) is 7.58. The fraction of sp³-hybridized carbons (Fsp3) is 0.217. The molecule has 10 heteroatoms. The topological polar surface area (TPSA) is 134 Å². The van der Waals surface area contributed by atoms with Gasteiger partial charge in [0.05, 0.1) is 36.0 Å². The lowest BCUT2D eigenvalue weighted by molar-refractivity contribution is 0.418. The minimum atomic E-state index is 0.269. The minimum absolute atomic E-state index is 0.269. The van der Waals surface area contributed by atoms with Crippen LogP contribution in [0.15, 0.2) is 49.1 Å². The molecule has 0 amide bonds. The van der Waals surface area contributed by atoms with Gasteiger partial charge in [0.25, 0.3) is 0 Å². The smallest absolute Gasteiger partial charge is 0.162 e. The molecule has 0 aliphatic carbocycles. The van der Waals surface area contributed by atoms with Gasteiger partial charge in [-0.15, -0.1) is 0 Å². The van der Waals surface area contributed by atoms with Crippen LogP contribution in [0, 0.1) is 11.3 Å². The fourth-order valence-corrected chi connectivity index (χ4v) is 3.72. The van der Waals surface area contributed by atoms with Crippen LogP contribution in [-0.4, -0.2) is 51.2 Å². The molecule has 1 saturated heterocycles. The summed E-state index contributed by atoms with van der Waals surface area (Å²) in [4.78, 5) is 22.5. The van der Waals surface area contributed by atoms with Gasteiger partial charge >= 0.3 is 0 Å². The zero-order chi connectivity index (χ0) is 22.6. The summed E-state index contributed by atoms with van der Waals surface area (Å²) in [7, 11) is 1.61. The molecule has 4 aromatic heterocycles. The Hall–Kier alpha value is -4.36. The molecule has 4 aromatic rings. The fourth-order valence-electron chi connectivity index (χ4n) is 3.72. The number of hydrogen-bond donors (Lipinski definition) is 3. The molecule has 1 aliphatic rings. The van der Waals surface area contributed by atoms with Gasteiger partial charge in [-0.25, -0.2) is 19.9 Å². The van der Waals surface area contributed by atoms with Crippen molar-refractivity contribution < 1.29 is 4.74 Å². The number of rotatable bonds is 6. The van der Waals surface area contributed by atoms with Crippen molar-refractivity contribution in [3.8, 4) is 23.2 Å². The maximum absolute atomic E-state index is 8.94. The number of nitrogens with one attached hydrogen (secondary N) is 3. The summed E-state index contributed by atoms with van der Waals surface area (Å²) in [6, 6.07) is 9.46. The summed E-state index contributed by atoms with van der Waals surface area (Å²) in [5.41, 5.74) is 1.97. The Morgan fingerprint density at radius 3 is 2.82 bits per heavy atom. The van der Waals surface area contributed by atoms with Crippen LogP contribution in [0.5, 0.6) is 5.75 Å². The Balaban J connectivity index is 1.52. The lowest BCUT2D eigenvalue weighted by Gasteiger charge is -2.16. The average Bonchev–Trinajstić information content (AvgIpc) is 3.37. The number of aromatic nitrogens is 5. The van der Waals surface area contributed by atoms with Gasteiger partial charge < -0.3 is 20.7 Å². The van der Waals surface area contributed by atoms with Crippen molar-refractivity contribution >= 4 is 28.4 Å². The third-order valence-corrected chi connectivity index (χ3v) is 5.36. The Morgan fingerprint density at radius 2 is 2.06 bits per heavy atom. The predicted molar refractivity (Wildman–Crippen MR) is 124 cm³/mol. The van der Waals surface area contributed by atoms with Crippen LogP contribution in [0.3, 0.4) is 0 Å². The van der Waals surface area contributed by atoms with E-state index in [0.717, 1.165) is 30.5 Å². The van der Waals surface area contributed by atoms with Crippen LogP contribution in [0.4, 0.5) is 17.5 Å². The summed E-state index contributed by atoms with van der Waals surface area (Å²) in [5, 5.41) is 19.8. The van der Waals surface area contributed by atoms with Crippen molar-refractivity contribution in [2.75, 3.05) is 30.8 Å². The van der Waals surface area contributed by atoms with Crippen molar-refractivity contribution in [3.63, 3.8) is 0 Å². The van der Waals surface area contributed by atoms with Gasteiger partial charge in [-0.1, -0.05) is 0 Å². The summed E-state index contributed by atoms with van der Waals surface area (Å²) < 4.78 is 5.54. The second kappa shape index (κ2) is 9.02. The molecule has 5 heterocycles. The van der Waals surface area contributed by atoms with Gasteiger partial charge in [0.15, 0.2) is 5.82 Å². The Morgan fingerprint density at radius 1 is 1.12 bits per heavy atom. The summed E-state index contributed by atoms with van der Waals surface area (Å²) >= 11 is 0. The molecule has 1 aliphatic heterocycles. The van der Waals surface area contributed by atoms with Crippen molar-refractivity contribution in [1.82, 2.24) is 30.2 Å². The molecular formula is C23H21N9O. The number of pyridine rings is 3. The van der Waals surface area contributed by atoms with Crippen LogP contribution >= 0.6 is 0 Å². The monoisotopic (exact) mass is 439 g/mol. The standard InChI is InChI=1S/C23H21N9O/c1-33-18-13-26-12-17-21(18)23(29-16-5-6-25-11-16)32-22(30-17)15-4-7-27-20(8-15)31-19-3-2-14(9-24)10-28-19/h2-4,7-8,10,12-13,16,25H,5-6,11H2,1H3,(H,27,28,31)(H,29,30,32)/t16-/m1/s1. The maximum Gasteiger partial charge on any atom is 0.162 e. The van der Waals surface area contributed by atoms with Crippen molar-refractivity contribution in [2.24, 2.45) is 0 Å². The molecule has 10 nitrogen and oxygen atoms in total. The highest BCUT2D eigenvalue weighted by Gasteiger charge is 2.20. The SMILES string of the molecule is COc1cncc2nc(-c3ccnc(Nc4ccc(C#N)cn4)c3)nc(N[C@@H]3CCNC3)c12. The molecule has 164 valence electrons. The summed E-state index contributed by atoms with van der Waals surface area (Å²) in [5.74, 6) is 3.05. The number of anilines is 3. The van der Waals surface area contributed by atoms with Gasteiger partial charge in [0, 0.05) is 30.5 Å². The molecule has 1 fully saturated rings. The molecule has 33 heavy (non-hydrogen) atoms.